The van der Waals surface area contributed by atoms with Crippen LogP contribution < -0.4 is 16.4 Å². The summed E-state index contributed by atoms with van der Waals surface area (Å²) in [5, 5.41) is 5.34. The molecule has 3 amide bonds. The molecular formula is C32H44N6O4. The highest BCUT2D eigenvalue weighted by Gasteiger charge is 2.32. The van der Waals surface area contributed by atoms with Gasteiger partial charge in [-0.05, 0) is 51.7 Å². The number of amides is 3. The number of carbonyl (C=O) groups excluding carboxylic acids is 3. The maximum Gasteiger partial charge on any atom is 0.246 e. The Morgan fingerprint density at radius 3 is 2.33 bits per heavy atom. The molecule has 2 heterocycles. The van der Waals surface area contributed by atoms with E-state index < -0.39 is 5.54 Å². The molecule has 42 heavy (non-hydrogen) atoms. The first-order valence-corrected chi connectivity index (χ1v) is 14.4. The van der Waals surface area contributed by atoms with E-state index in [2.05, 4.69) is 22.5 Å². The molecule has 1 aliphatic heterocycles. The predicted octanol–water partition coefficient (Wildman–Crippen LogP) is 3.69. The lowest BCUT2D eigenvalue weighted by molar-refractivity contribution is -0.135. The predicted molar refractivity (Wildman–Crippen MR) is 163 cm³/mol. The number of rotatable bonds is 12. The van der Waals surface area contributed by atoms with E-state index in [1.54, 1.807) is 30.9 Å². The Bertz CT molecular complexity index is 1260. The second-order valence-electron chi connectivity index (χ2n) is 11.3. The van der Waals surface area contributed by atoms with Crippen LogP contribution in [0, 0.1) is 0 Å². The average molecular weight is 577 g/mol. The van der Waals surface area contributed by atoms with Gasteiger partial charge in [0.25, 0.3) is 0 Å². The van der Waals surface area contributed by atoms with Crippen LogP contribution in [-0.4, -0.2) is 63.4 Å². The molecule has 0 bridgehead atoms. The molecule has 0 aliphatic carbocycles. The van der Waals surface area contributed by atoms with Gasteiger partial charge in [0.05, 0.1) is 25.1 Å². The van der Waals surface area contributed by atoms with Crippen molar-refractivity contribution >= 4 is 24.0 Å². The molecule has 1 saturated heterocycles. The van der Waals surface area contributed by atoms with Crippen LogP contribution in [-0.2, 0) is 32.1 Å². The van der Waals surface area contributed by atoms with Gasteiger partial charge in [-0.2, -0.15) is 0 Å². The van der Waals surface area contributed by atoms with Crippen LogP contribution in [0.1, 0.15) is 57.7 Å². The Hall–Kier alpha value is -4.02. The van der Waals surface area contributed by atoms with Crippen molar-refractivity contribution in [3.05, 3.63) is 84.3 Å². The van der Waals surface area contributed by atoms with E-state index in [1.807, 2.05) is 72.5 Å². The Morgan fingerprint density at radius 2 is 1.76 bits per heavy atom. The molecule has 0 radical (unpaired) electrons. The number of nitrogens with two attached hydrogens (primary N) is 1. The molecule has 4 rings (SSSR count). The van der Waals surface area contributed by atoms with Gasteiger partial charge in [-0.25, -0.2) is 4.98 Å². The maximum absolute atomic E-state index is 13.1. The molecule has 10 heteroatoms. The quantitative estimate of drug-likeness (QED) is 0.282. The Kier molecular flexibility index (Phi) is 12.3. The van der Waals surface area contributed by atoms with Crippen LogP contribution in [0.4, 0.5) is 5.82 Å². The van der Waals surface area contributed by atoms with Gasteiger partial charge >= 0.3 is 0 Å². The van der Waals surface area contributed by atoms with Gasteiger partial charge in [-0.1, -0.05) is 60.7 Å². The smallest absolute Gasteiger partial charge is 0.246 e. The summed E-state index contributed by atoms with van der Waals surface area (Å²) in [6, 6.07) is 19.7. The number of anilines is 1. The fourth-order valence-corrected chi connectivity index (χ4v) is 4.63. The van der Waals surface area contributed by atoms with Crippen LogP contribution in [0.15, 0.2) is 73.2 Å². The zero-order valence-electron chi connectivity index (χ0n) is 25.0. The zero-order valence-corrected chi connectivity index (χ0v) is 25.0. The van der Waals surface area contributed by atoms with E-state index >= 15 is 0 Å². The maximum atomic E-state index is 13.1. The number of carbonyl (C=O) groups is 3. The number of nitrogens with zero attached hydrogens (tertiary/aromatic N) is 3. The summed E-state index contributed by atoms with van der Waals surface area (Å²) in [6.45, 7) is 9.18. The van der Waals surface area contributed by atoms with E-state index in [-0.39, 0.29) is 29.9 Å². The molecule has 1 aromatic heterocycles. The van der Waals surface area contributed by atoms with Crippen LogP contribution in [0.3, 0.4) is 0 Å². The second kappa shape index (κ2) is 15.8. The molecule has 2 aromatic carbocycles. The summed E-state index contributed by atoms with van der Waals surface area (Å²) in [6.07, 6.45) is 6.60. The van der Waals surface area contributed by atoms with Crippen molar-refractivity contribution in [2.24, 2.45) is 5.73 Å². The molecule has 3 aromatic rings. The van der Waals surface area contributed by atoms with Gasteiger partial charge in [0.2, 0.25) is 18.2 Å². The summed E-state index contributed by atoms with van der Waals surface area (Å²) >= 11 is 0. The minimum atomic E-state index is -0.853. The molecule has 3 atom stereocenters. The van der Waals surface area contributed by atoms with E-state index in [0.717, 1.165) is 30.5 Å². The summed E-state index contributed by atoms with van der Waals surface area (Å²) in [5.41, 5.74) is 7.06. The topological polar surface area (TPSA) is 132 Å². The van der Waals surface area contributed by atoms with Crippen molar-refractivity contribution in [2.45, 2.75) is 77.2 Å². The molecule has 1 fully saturated rings. The minimum absolute atomic E-state index is 0.0518. The number of nitrogens with one attached hydrogen (secondary N) is 2. The van der Waals surface area contributed by atoms with Gasteiger partial charge in [-0.3, -0.25) is 14.4 Å². The fourth-order valence-electron chi connectivity index (χ4n) is 4.63. The largest absolute Gasteiger partial charge is 0.375 e. The van der Waals surface area contributed by atoms with Crippen molar-refractivity contribution in [1.82, 2.24) is 19.8 Å². The molecule has 1 aliphatic rings. The zero-order chi connectivity index (χ0) is 30.5. The van der Waals surface area contributed by atoms with E-state index in [4.69, 9.17) is 10.5 Å². The monoisotopic (exact) mass is 576 g/mol. The molecule has 10 nitrogen and oxygen atoms in total. The Morgan fingerprint density at radius 1 is 1.12 bits per heavy atom. The lowest BCUT2D eigenvalue weighted by atomic mass is 10.0. The molecule has 0 saturated carbocycles. The van der Waals surface area contributed by atoms with Crippen LogP contribution in [0.25, 0.3) is 0 Å². The first-order valence-electron chi connectivity index (χ1n) is 14.4. The summed E-state index contributed by atoms with van der Waals surface area (Å²) < 4.78 is 7.34. The first kappa shape index (κ1) is 32.5. The van der Waals surface area contributed by atoms with Gasteiger partial charge < -0.3 is 30.6 Å². The van der Waals surface area contributed by atoms with Crippen molar-refractivity contribution < 1.29 is 19.1 Å². The number of benzene rings is 2. The van der Waals surface area contributed by atoms with E-state index in [9.17, 15) is 14.4 Å². The summed E-state index contributed by atoms with van der Waals surface area (Å²) in [7, 11) is 0. The standard InChI is InChI=1S/C18H22N4O2.C14H22N2O2/c1-14-6-5-9-22(14)18(24)16(10-15-7-3-2-4-8-15)21-11-17(19-12-21)20-13-23;1-11(16-13(17)14(2,3)15)9-18-10-12-7-5-4-6-8-12/h2-4,7-8,11-14,16H,5-6,9-10H2,1H3,(H,20,23);4-8,11H,9-10,15H2,1-3H3,(H,16,17)/t14-,16?;11-/m10/s1. The number of aromatic nitrogens is 2. The van der Waals surface area contributed by atoms with Gasteiger partial charge in [0.15, 0.2) is 5.82 Å². The highest BCUT2D eigenvalue weighted by atomic mass is 16.5. The lowest BCUT2D eigenvalue weighted by Gasteiger charge is -2.27. The van der Waals surface area contributed by atoms with Gasteiger partial charge in [0.1, 0.15) is 6.04 Å². The first-order chi connectivity index (χ1) is 20.1. The summed E-state index contributed by atoms with van der Waals surface area (Å²) in [5.74, 6) is 0.391. The van der Waals surface area contributed by atoms with Crippen molar-refractivity contribution in [2.75, 3.05) is 18.5 Å². The van der Waals surface area contributed by atoms with Crippen LogP contribution in [0.2, 0.25) is 0 Å². The van der Waals surface area contributed by atoms with Gasteiger partial charge in [0, 0.05) is 31.2 Å². The highest BCUT2D eigenvalue weighted by molar-refractivity contribution is 5.85. The Labute approximate surface area is 248 Å². The molecular weight excluding hydrogens is 532 g/mol. The molecule has 4 N–H and O–H groups in total. The van der Waals surface area contributed by atoms with Gasteiger partial charge in [-0.15, -0.1) is 0 Å². The van der Waals surface area contributed by atoms with E-state index in [0.29, 0.717) is 31.9 Å². The number of hydrogen-bond acceptors (Lipinski definition) is 6. The lowest BCUT2D eigenvalue weighted by Crippen LogP contribution is -2.52. The number of ether oxygens (including phenoxy) is 1. The average Bonchev–Trinajstić information content (AvgIpc) is 3.61. The molecule has 226 valence electrons. The van der Waals surface area contributed by atoms with Crippen LogP contribution in [0.5, 0.6) is 0 Å². The number of imidazole rings is 1. The molecule has 1 unspecified atom stereocenters. The van der Waals surface area contributed by atoms with E-state index in [1.165, 1.54) is 0 Å². The SMILES string of the molecule is C[C@@H](COCc1ccccc1)NC(=O)C(C)(C)N.C[C@@H]1CCCN1C(=O)C(Cc1ccccc1)n1cnc(NC=O)c1. The van der Waals surface area contributed by atoms with Crippen molar-refractivity contribution in [3.63, 3.8) is 0 Å². The van der Waals surface area contributed by atoms with Crippen LogP contribution >= 0.6 is 0 Å². The van der Waals surface area contributed by atoms with Crippen molar-refractivity contribution in [3.8, 4) is 0 Å². The number of hydrogen-bond donors (Lipinski definition) is 3. The second-order valence-corrected chi connectivity index (χ2v) is 11.3. The highest BCUT2D eigenvalue weighted by Crippen LogP contribution is 2.24. The van der Waals surface area contributed by atoms with Crippen molar-refractivity contribution in [1.29, 1.82) is 0 Å². The fraction of sp³-hybridized carbons (Fsp3) is 0.438. The number of likely N-dealkylation sites (tertiary alicyclic amines) is 1. The Balaban J connectivity index is 0.000000241. The third-order valence-electron chi connectivity index (χ3n) is 7.00. The summed E-state index contributed by atoms with van der Waals surface area (Å²) in [4.78, 5) is 41.4. The minimum Gasteiger partial charge on any atom is -0.375 e. The third-order valence-corrected chi connectivity index (χ3v) is 7.00. The third kappa shape index (κ3) is 10.1. The normalized spacial score (nSPS) is 16.1. The molecule has 0 spiro atoms.